The van der Waals surface area contributed by atoms with E-state index in [1.54, 1.807) is 0 Å². The first-order chi connectivity index (χ1) is 6.72. The predicted octanol–water partition coefficient (Wildman–Crippen LogP) is 2.40. The van der Waals surface area contributed by atoms with Crippen molar-refractivity contribution in [3.05, 3.63) is 28.2 Å². The molecule has 0 radical (unpaired) electrons. The average Bonchev–Trinajstić information content (AvgIpc) is 2.45. The Morgan fingerprint density at radius 1 is 1.57 bits per heavy atom. The topological polar surface area (TPSA) is 52.9 Å². The molecule has 1 aliphatic rings. The standard InChI is InChI=1S/C10H7BrN2O/c11-6-1-2-9-8(5-6)7(3-4-12)10(14)13-9/h1-2,5,7H,3H2,(H,13,14). The van der Waals surface area contributed by atoms with Crippen LogP contribution in [0.4, 0.5) is 5.69 Å². The molecule has 1 atom stereocenters. The number of carbonyl (C=O) groups is 1. The first-order valence-electron chi connectivity index (χ1n) is 4.19. The van der Waals surface area contributed by atoms with Crippen LogP contribution in [0, 0.1) is 11.3 Å². The number of nitrogens with one attached hydrogen (secondary N) is 1. The van der Waals surface area contributed by atoms with Gasteiger partial charge in [0.25, 0.3) is 0 Å². The van der Waals surface area contributed by atoms with E-state index in [0.717, 1.165) is 15.7 Å². The van der Waals surface area contributed by atoms with E-state index in [9.17, 15) is 4.79 Å². The van der Waals surface area contributed by atoms with E-state index < -0.39 is 0 Å². The van der Waals surface area contributed by atoms with Gasteiger partial charge in [0.05, 0.1) is 18.4 Å². The number of hydrogen-bond donors (Lipinski definition) is 1. The molecule has 0 bridgehead atoms. The van der Waals surface area contributed by atoms with Gasteiger partial charge in [-0.2, -0.15) is 5.26 Å². The second kappa shape index (κ2) is 3.43. The van der Waals surface area contributed by atoms with Gasteiger partial charge in [-0.25, -0.2) is 0 Å². The van der Waals surface area contributed by atoms with Gasteiger partial charge >= 0.3 is 0 Å². The van der Waals surface area contributed by atoms with Gasteiger partial charge in [0.2, 0.25) is 5.91 Å². The normalized spacial score (nSPS) is 18.6. The third kappa shape index (κ3) is 1.40. The molecule has 70 valence electrons. The van der Waals surface area contributed by atoms with Crippen molar-refractivity contribution in [3.8, 4) is 6.07 Å². The molecule has 3 nitrogen and oxygen atoms in total. The highest BCUT2D eigenvalue weighted by Gasteiger charge is 2.30. The zero-order valence-corrected chi connectivity index (χ0v) is 8.84. The quantitative estimate of drug-likeness (QED) is 0.833. The highest BCUT2D eigenvalue weighted by Crippen LogP contribution is 2.35. The first-order valence-corrected chi connectivity index (χ1v) is 4.99. The number of nitrogens with zero attached hydrogens (tertiary/aromatic N) is 1. The molecule has 0 aromatic heterocycles. The number of benzene rings is 1. The number of fused-ring (bicyclic) bond motifs is 1. The fraction of sp³-hybridized carbons (Fsp3) is 0.200. The number of carbonyl (C=O) groups excluding carboxylic acids is 1. The number of rotatable bonds is 1. The molecule has 2 rings (SSSR count). The summed E-state index contributed by atoms with van der Waals surface area (Å²) in [6.07, 6.45) is 0.231. The molecular weight excluding hydrogens is 244 g/mol. The number of anilines is 1. The molecule has 0 aliphatic carbocycles. The van der Waals surface area contributed by atoms with Crippen molar-refractivity contribution in [2.24, 2.45) is 0 Å². The van der Waals surface area contributed by atoms with Gasteiger partial charge in [-0.1, -0.05) is 15.9 Å². The Kier molecular flexibility index (Phi) is 2.26. The molecular formula is C10H7BrN2O. The van der Waals surface area contributed by atoms with Crippen molar-refractivity contribution < 1.29 is 4.79 Å². The van der Waals surface area contributed by atoms with Crippen molar-refractivity contribution in [2.45, 2.75) is 12.3 Å². The van der Waals surface area contributed by atoms with Gasteiger partial charge in [0.1, 0.15) is 0 Å². The summed E-state index contributed by atoms with van der Waals surface area (Å²) in [5, 5.41) is 11.3. The molecule has 1 unspecified atom stereocenters. The monoisotopic (exact) mass is 250 g/mol. The van der Waals surface area contributed by atoms with Crippen molar-refractivity contribution >= 4 is 27.5 Å². The third-order valence-electron chi connectivity index (χ3n) is 2.26. The smallest absolute Gasteiger partial charge is 0.233 e. The van der Waals surface area contributed by atoms with Crippen LogP contribution in [0.15, 0.2) is 22.7 Å². The van der Waals surface area contributed by atoms with Gasteiger partial charge in [0, 0.05) is 10.2 Å². The van der Waals surface area contributed by atoms with Crippen molar-refractivity contribution in [1.82, 2.24) is 0 Å². The first kappa shape index (κ1) is 9.22. The maximum absolute atomic E-state index is 11.5. The minimum Gasteiger partial charge on any atom is -0.325 e. The molecule has 0 fully saturated rings. The van der Waals surface area contributed by atoms with E-state index in [-0.39, 0.29) is 18.2 Å². The Labute approximate surface area is 89.9 Å². The van der Waals surface area contributed by atoms with Gasteiger partial charge in [0.15, 0.2) is 0 Å². The van der Waals surface area contributed by atoms with E-state index in [2.05, 4.69) is 21.2 Å². The molecule has 1 heterocycles. The Hall–Kier alpha value is -1.34. The SMILES string of the molecule is N#CCC1C(=O)Nc2ccc(Br)cc21. The maximum Gasteiger partial charge on any atom is 0.233 e. The molecule has 1 amide bonds. The highest BCUT2D eigenvalue weighted by molar-refractivity contribution is 9.10. The van der Waals surface area contributed by atoms with E-state index in [0.29, 0.717) is 0 Å². The summed E-state index contributed by atoms with van der Waals surface area (Å²) in [6.45, 7) is 0. The molecule has 1 aromatic rings. The molecule has 1 N–H and O–H groups in total. The lowest BCUT2D eigenvalue weighted by molar-refractivity contribution is -0.116. The predicted molar refractivity (Wildman–Crippen MR) is 55.7 cm³/mol. The number of amides is 1. The summed E-state index contributed by atoms with van der Waals surface area (Å²) >= 11 is 3.34. The van der Waals surface area contributed by atoms with Crippen LogP contribution in [0.25, 0.3) is 0 Å². The summed E-state index contributed by atoms with van der Waals surface area (Å²) in [4.78, 5) is 11.5. The van der Waals surface area contributed by atoms with E-state index in [4.69, 9.17) is 5.26 Å². The van der Waals surface area contributed by atoms with Crippen molar-refractivity contribution in [1.29, 1.82) is 5.26 Å². The minimum absolute atomic E-state index is 0.0837. The van der Waals surface area contributed by atoms with Gasteiger partial charge in [-0.05, 0) is 23.8 Å². The molecule has 1 aromatic carbocycles. The molecule has 0 saturated carbocycles. The summed E-state index contributed by atoms with van der Waals surface area (Å²) in [7, 11) is 0. The van der Waals surface area contributed by atoms with Crippen LogP contribution in [-0.2, 0) is 4.79 Å². The lowest BCUT2D eigenvalue weighted by atomic mass is 9.98. The fourth-order valence-corrected chi connectivity index (χ4v) is 1.97. The second-order valence-corrected chi connectivity index (χ2v) is 4.05. The van der Waals surface area contributed by atoms with Crippen molar-refractivity contribution in [3.63, 3.8) is 0 Å². The van der Waals surface area contributed by atoms with Crippen LogP contribution in [0.5, 0.6) is 0 Å². The maximum atomic E-state index is 11.5. The highest BCUT2D eigenvalue weighted by atomic mass is 79.9. The summed E-state index contributed by atoms with van der Waals surface area (Å²) in [5.74, 6) is -0.396. The lowest BCUT2D eigenvalue weighted by Gasteiger charge is -2.02. The number of nitriles is 1. The fourth-order valence-electron chi connectivity index (χ4n) is 1.59. The summed E-state index contributed by atoms with van der Waals surface area (Å²) in [6, 6.07) is 7.62. The Morgan fingerprint density at radius 2 is 2.36 bits per heavy atom. The van der Waals surface area contributed by atoms with Crippen LogP contribution in [0.2, 0.25) is 0 Å². The zero-order chi connectivity index (χ0) is 10.1. The Balaban J connectivity index is 2.45. The van der Waals surface area contributed by atoms with Crippen LogP contribution in [0.3, 0.4) is 0 Å². The minimum atomic E-state index is -0.313. The molecule has 0 spiro atoms. The molecule has 14 heavy (non-hydrogen) atoms. The van der Waals surface area contributed by atoms with Crippen LogP contribution >= 0.6 is 15.9 Å². The Bertz CT molecular complexity index is 436. The third-order valence-corrected chi connectivity index (χ3v) is 2.75. The van der Waals surface area contributed by atoms with Crippen LogP contribution in [0.1, 0.15) is 17.9 Å². The average molecular weight is 251 g/mol. The largest absolute Gasteiger partial charge is 0.325 e. The number of halogens is 1. The van der Waals surface area contributed by atoms with Crippen LogP contribution < -0.4 is 5.32 Å². The summed E-state index contributed by atoms with van der Waals surface area (Å²) in [5.41, 5.74) is 1.73. The van der Waals surface area contributed by atoms with Gasteiger partial charge < -0.3 is 5.32 Å². The number of hydrogen-bond acceptors (Lipinski definition) is 2. The van der Waals surface area contributed by atoms with Gasteiger partial charge in [-0.3, -0.25) is 4.79 Å². The van der Waals surface area contributed by atoms with Gasteiger partial charge in [-0.15, -0.1) is 0 Å². The van der Waals surface area contributed by atoms with E-state index in [1.165, 1.54) is 0 Å². The Morgan fingerprint density at radius 3 is 3.07 bits per heavy atom. The summed E-state index contributed by atoms with van der Waals surface area (Å²) < 4.78 is 0.927. The lowest BCUT2D eigenvalue weighted by Crippen LogP contribution is -2.11. The molecule has 4 heteroatoms. The van der Waals surface area contributed by atoms with Crippen molar-refractivity contribution in [2.75, 3.05) is 5.32 Å². The molecule has 1 aliphatic heterocycles. The van der Waals surface area contributed by atoms with E-state index in [1.807, 2.05) is 24.3 Å². The van der Waals surface area contributed by atoms with Crippen LogP contribution in [-0.4, -0.2) is 5.91 Å². The molecule has 0 saturated heterocycles. The zero-order valence-electron chi connectivity index (χ0n) is 7.25. The second-order valence-electron chi connectivity index (χ2n) is 3.14. The van der Waals surface area contributed by atoms with E-state index >= 15 is 0 Å².